The topological polar surface area (TPSA) is 104 Å². The molecule has 0 aliphatic heterocycles. The smallest absolute Gasteiger partial charge is 0.254 e. The van der Waals surface area contributed by atoms with E-state index < -0.39 is 5.91 Å². The average Bonchev–Trinajstić information content (AvgIpc) is 2.31. The van der Waals surface area contributed by atoms with Crippen LogP contribution in [-0.4, -0.2) is 15.9 Å². The van der Waals surface area contributed by atoms with Gasteiger partial charge in [-0.2, -0.15) is 0 Å². The van der Waals surface area contributed by atoms with Gasteiger partial charge in [-0.3, -0.25) is 9.78 Å². The minimum Gasteiger partial charge on any atom is -0.436 e. The number of pyridine rings is 2. The van der Waals surface area contributed by atoms with E-state index in [2.05, 4.69) is 9.97 Å². The van der Waals surface area contributed by atoms with E-state index in [-0.39, 0.29) is 11.4 Å². The van der Waals surface area contributed by atoms with Crippen molar-refractivity contribution >= 4 is 23.2 Å². The Morgan fingerprint density at radius 2 is 2.06 bits per heavy atom. The van der Waals surface area contributed by atoms with E-state index in [1.54, 1.807) is 0 Å². The van der Waals surface area contributed by atoms with Gasteiger partial charge in [0, 0.05) is 12.3 Å². The third kappa shape index (κ3) is 2.67. The fourth-order valence-corrected chi connectivity index (χ4v) is 1.45. The molecule has 0 spiro atoms. The van der Waals surface area contributed by atoms with Crippen LogP contribution in [0.1, 0.15) is 10.4 Å². The van der Waals surface area contributed by atoms with Crippen LogP contribution in [0, 0.1) is 0 Å². The highest BCUT2D eigenvalue weighted by Gasteiger charge is 2.12. The van der Waals surface area contributed by atoms with Crippen molar-refractivity contribution in [2.45, 2.75) is 0 Å². The zero-order valence-corrected chi connectivity index (χ0v) is 9.89. The highest BCUT2D eigenvalue weighted by Crippen LogP contribution is 2.25. The third-order valence-corrected chi connectivity index (χ3v) is 2.24. The van der Waals surface area contributed by atoms with Gasteiger partial charge in [-0.05, 0) is 6.07 Å². The van der Waals surface area contributed by atoms with E-state index >= 15 is 0 Å². The van der Waals surface area contributed by atoms with Gasteiger partial charge < -0.3 is 16.2 Å². The summed E-state index contributed by atoms with van der Waals surface area (Å²) in [7, 11) is 0. The first kappa shape index (κ1) is 12.1. The van der Waals surface area contributed by atoms with Crippen LogP contribution >= 0.6 is 11.6 Å². The van der Waals surface area contributed by atoms with Crippen molar-refractivity contribution in [1.82, 2.24) is 9.97 Å². The molecule has 2 rings (SSSR count). The number of amides is 1. The van der Waals surface area contributed by atoms with Gasteiger partial charge >= 0.3 is 0 Å². The molecular formula is C11H9ClN4O2. The number of anilines is 1. The molecule has 2 heterocycles. The van der Waals surface area contributed by atoms with Gasteiger partial charge in [0.05, 0.1) is 23.1 Å². The van der Waals surface area contributed by atoms with Crippen molar-refractivity contribution in [3.63, 3.8) is 0 Å². The Labute approximate surface area is 108 Å². The molecule has 6 nitrogen and oxygen atoms in total. The quantitative estimate of drug-likeness (QED) is 0.876. The second kappa shape index (κ2) is 4.89. The zero-order valence-electron chi connectivity index (χ0n) is 9.13. The molecule has 0 aliphatic rings. The van der Waals surface area contributed by atoms with Crippen LogP contribution in [0.5, 0.6) is 11.6 Å². The number of nitrogen functional groups attached to an aromatic ring is 1. The van der Waals surface area contributed by atoms with Gasteiger partial charge in [0.15, 0.2) is 0 Å². The summed E-state index contributed by atoms with van der Waals surface area (Å²) < 4.78 is 5.39. The maximum Gasteiger partial charge on any atom is 0.254 e. The molecule has 0 saturated carbocycles. The number of nitrogens with two attached hydrogens (primary N) is 2. The lowest BCUT2D eigenvalue weighted by Gasteiger charge is -2.08. The van der Waals surface area contributed by atoms with Crippen LogP contribution in [0.2, 0.25) is 5.02 Å². The molecule has 0 aliphatic carbocycles. The van der Waals surface area contributed by atoms with Crippen molar-refractivity contribution in [3.05, 3.63) is 41.3 Å². The summed E-state index contributed by atoms with van der Waals surface area (Å²) in [6, 6.07) is 2.93. The first-order valence-electron chi connectivity index (χ1n) is 4.90. The molecule has 0 radical (unpaired) electrons. The predicted octanol–water partition coefficient (Wildman–Crippen LogP) is 1.60. The molecule has 4 N–H and O–H groups in total. The summed E-state index contributed by atoms with van der Waals surface area (Å²) in [4.78, 5) is 19.0. The van der Waals surface area contributed by atoms with Gasteiger partial charge in [0.25, 0.3) is 5.91 Å². The molecule has 0 bridgehead atoms. The molecule has 0 fully saturated rings. The number of hydrogen-bond donors (Lipinski definition) is 2. The average molecular weight is 265 g/mol. The molecule has 2 aromatic rings. The summed E-state index contributed by atoms with van der Waals surface area (Å²) in [5, 5.41) is 0.406. The predicted molar refractivity (Wildman–Crippen MR) is 66.5 cm³/mol. The first-order valence-corrected chi connectivity index (χ1v) is 5.28. The third-order valence-electron chi connectivity index (χ3n) is 2.03. The summed E-state index contributed by atoms with van der Waals surface area (Å²) in [5.41, 5.74) is 11.1. The van der Waals surface area contributed by atoms with E-state index in [0.29, 0.717) is 16.5 Å². The number of primary amides is 1. The second-order valence-corrected chi connectivity index (χ2v) is 3.86. The lowest BCUT2D eigenvalue weighted by Crippen LogP contribution is -2.13. The molecule has 7 heteroatoms. The molecule has 2 aromatic heterocycles. The highest BCUT2D eigenvalue weighted by molar-refractivity contribution is 6.30. The maximum atomic E-state index is 11.2. The Balaban J connectivity index is 2.37. The van der Waals surface area contributed by atoms with Crippen molar-refractivity contribution in [1.29, 1.82) is 0 Å². The van der Waals surface area contributed by atoms with E-state index in [1.165, 1.54) is 30.7 Å². The Bertz CT molecular complexity index is 603. The van der Waals surface area contributed by atoms with Crippen LogP contribution in [0.4, 0.5) is 5.69 Å². The van der Waals surface area contributed by atoms with E-state index in [1.807, 2.05) is 0 Å². The highest BCUT2D eigenvalue weighted by atomic mass is 35.5. The number of ether oxygens (including phenoxy) is 1. The lowest BCUT2D eigenvalue weighted by atomic mass is 10.2. The number of halogens is 1. The maximum absolute atomic E-state index is 11.2. The standard InChI is InChI=1S/C11H9ClN4O2/c12-6-1-8(5-15-3-6)18-11-9(10(14)17)2-7(13)4-16-11/h1-5H,13H2,(H2,14,17). The van der Waals surface area contributed by atoms with Crippen molar-refractivity contribution in [3.8, 4) is 11.6 Å². The largest absolute Gasteiger partial charge is 0.436 e. The molecule has 0 atom stereocenters. The number of carbonyl (C=O) groups is 1. The Morgan fingerprint density at radius 1 is 1.28 bits per heavy atom. The zero-order chi connectivity index (χ0) is 13.1. The van der Waals surface area contributed by atoms with Gasteiger partial charge in [0.1, 0.15) is 11.3 Å². The normalized spacial score (nSPS) is 10.1. The summed E-state index contributed by atoms with van der Waals surface area (Å²) in [5.74, 6) is -0.275. The Hall–Kier alpha value is -2.34. The van der Waals surface area contributed by atoms with E-state index in [9.17, 15) is 4.79 Å². The number of carbonyl (C=O) groups excluding carboxylic acids is 1. The van der Waals surface area contributed by atoms with E-state index in [0.717, 1.165) is 0 Å². The van der Waals surface area contributed by atoms with Crippen LogP contribution in [0.15, 0.2) is 30.7 Å². The molecule has 92 valence electrons. The van der Waals surface area contributed by atoms with E-state index in [4.69, 9.17) is 27.8 Å². The second-order valence-electron chi connectivity index (χ2n) is 3.43. The van der Waals surface area contributed by atoms with Gasteiger partial charge in [0.2, 0.25) is 5.88 Å². The fourth-order valence-electron chi connectivity index (χ4n) is 1.29. The molecule has 1 amide bonds. The monoisotopic (exact) mass is 264 g/mol. The van der Waals surface area contributed by atoms with Crippen LogP contribution in [-0.2, 0) is 0 Å². The molecule has 0 aromatic carbocycles. The van der Waals surface area contributed by atoms with Crippen LogP contribution in [0.25, 0.3) is 0 Å². The van der Waals surface area contributed by atoms with Gasteiger partial charge in [-0.25, -0.2) is 4.98 Å². The Kier molecular flexibility index (Phi) is 3.29. The number of aromatic nitrogens is 2. The first-order chi connectivity index (χ1) is 8.56. The molecule has 18 heavy (non-hydrogen) atoms. The minimum atomic E-state index is -0.681. The summed E-state index contributed by atoms with van der Waals surface area (Å²) in [6.45, 7) is 0. The SMILES string of the molecule is NC(=O)c1cc(N)cnc1Oc1cncc(Cl)c1. The van der Waals surface area contributed by atoms with Gasteiger partial charge in [-0.15, -0.1) is 0 Å². The minimum absolute atomic E-state index is 0.0563. The van der Waals surface area contributed by atoms with Crippen LogP contribution in [0.3, 0.4) is 0 Å². The number of hydrogen-bond acceptors (Lipinski definition) is 5. The Morgan fingerprint density at radius 3 is 2.72 bits per heavy atom. The number of rotatable bonds is 3. The van der Waals surface area contributed by atoms with Crippen molar-refractivity contribution < 1.29 is 9.53 Å². The molecular weight excluding hydrogens is 256 g/mol. The van der Waals surface area contributed by atoms with Crippen molar-refractivity contribution in [2.24, 2.45) is 5.73 Å². The molecule has 0 unspecified atom stereocenters. The molecule has 0 saturated heterocycles. The van der Waals surface area contributed by atoms with Crippen LogP contribution < -0.4 is 16.2 Å². The fraction of sp³-hybridized carbons (Fsp3) is 0. The lowest BCUT2D eigenvalue weighted by molar-refractivity contribution is 0.0997. The number of nitrogens with zero attached hydrogens (tertiary/aromatic N) is 2. The summed E-state index contributed by atoms with van der Waals surface area (Å²) in [6.07, 6.45) is 4.26. The van der Waals surface area contributed by atoms with Gasteiger partial charge in [-0.1, -0.05) is 11.6 Å². The van der Waals surface area contributed by atoms with Crippen molar-refractivity contribution in [2.75, 3.05) is 5.73 Å². The summed E-state index contributed by atoms with van der Waals surface area (Å²) >= 11 is 5.76.